The molecule has 0 N–H and O–H groups in total. The van der Waals surface area contributed by atoms with E-state index in [4.69, 9.17) is 4.74 Å². The molecule has 0 saturated carbocycles. The van der Waals surface area contributed by atoms with Gasteiger partial charge in [0.1, 0.15) is 12.4 Å². The molecule has 0 bridgehead atoms. The Labute approximate surface area is 176 Å². The van der Waals surface area contributed by atoms with Crippen LogP contribution in [-0.2, 0) is 17.8 Å². The number of ether oxygens (including phenoxy) is 1. The minimum atomic E-state index is -1.08. The molecule has 26 heavy (non-hydrogen) atoms. The van der Waals surface area contributed by atoms with E-state index in [9.17, 15) is 9.90 Å². The van der Waals surface area contributed by atoms with E-state index in [1.54, 1.807) is 6.07 Å². The van der Waals surface area contributed by atoms with Gasteiger partial charge in [0.05, 0.1) is 0 Å². The average molecular weight is 359 g/mol. The van der Waals surface area contributed by atoms with Crippen molar-refractivity contribution in [2.45, 2.75) is 19.4 Å². The second kappa shape index (κ2) is 9.38. The van der Waals surface area contributed by atoms with Crippen LogP contribution in [0.5, 0.6) is 5.75 Å². The number of hydrogen-bond acceptors (Lipinski definition) is 4. The number of carbonyl (C=O) groups is 1. The summed E-state index contributed by atoms with van der Waals surface area (Å²) in [6.45, 7) is 1.45. The van der Waals surface area contributed by atoms with Crippen molar-refractivity contribution in [1.29, 1.82) is 0 Å². The zero-order valence-corrected chi connectivity index (χ0v) is 17.6. The summed E-state index contributed by atoms with van der Waals surface area (Å²) in [5.74, 6) is -0.289. The van der Waals surface area contributed by atoms with Crippen LogP contribution in [0.2, 0.25) is 0 Å². The van der Waals surface area contributed by atoms with E-state index in [0.717, 1.165) is 46.5 Å². The van der Waals surface area contributed by atoms with Crippen molar-refractivity contribution in [2.75, 3.05) is 20.6 Å². The van der Waals surface area contributed by atoms with Gasteiger partial charge in [0, 0.05) is 24.5 Å². The second-order valence-corrected chi connectivity index (χ2v) is 6.53. The summed E-state index contributed by atoms with van der Waals surface area (Å²) in [4.78, 5) is 13.1. The van der Waals surface area contributed by atoms with Crippen molar-refractivity contribution in [2.24, 2.45) is 0 Å². The van der Waals surface area contributed by atoms with Gasteiger partial charge in [0.2, 0.25) is 0 Å². The molecule has 1 aliphatic heterocycles. The van der Waals surface area contributed by atoms with E-state index in [1.165, 1.54) is 0 Å². The third kappa shape index (κ3) is 4.98. The van der Waals surface area contributed by atoms with Gasteiger partial charge in [0.25, 0.3) is 0 Å². The molecule has 0 aromatic heterocycles. The molecule has 2 aromatic rings. The molecule has 2 aromatic carbocycles. The summed E-state index contributed by atoms with van der Waals surface area (Å²) in [5.41, 5.74) is 5.05. The fraction of sp³-hybridized carbons (Fsp3) is 0.286. The molecule has 0 amide bonds. The summed E-state index contributed by atoms with van der Waals surface area (Å²) in [7, 11) is 4.10. The third-order valence-electron chi connectivity index (χ3n) is 4.30. The molecule has 0 saturated heterocycles. The summed E-state index contributed by atoms with van der Waals surface area (Å²) in [6, 6.07) is 13.8. The smallest absolute Gasteiger partial charge is 0.550 e. The molecular formula is C21H22NNaO3. The molecule has 0 atom stereocenters. The number of carbonyl (C=O) groups excluding carboxylic acids is 1. The summed E-state index contributed by atoms with van der Waals surface area (Å²) >= 11 is 0. The predicted octanol–water partition coefficient (Wildman–Crippen LogP) is -0.741. The monoisotopic (exact) mass is 359 g/mol. The van der Waals surface area contributed by atoms with Gasteiger partial charge in [-0.2, -0.15) is 0 Å². The van der Waals surface area contributed by atoms with Crippen LogP contribution in [0.1, 0.15) is 28.7 Å². The first-order valence-electron chi connectivity index (χ1n) is 8.43. The molecule has 1 heterocycles. The predicted molar refractivity (Wildman–Crippen MR) is 96.2 cm³/mol. The van der Waals surface area contributed by atoms with E-state index in [1.807, 2.05) is 24.3 Å². The summed E-state index contributed by atoms with van der Waals surface area (Å²) in [5, 5.41) is 11.0. The van der Waals surface area contributed by atoms with Gasteiger partial charge < -0.3 is 19.5 Å². The molecule has 0 radical (unpaired) electrons. The van der Waals surface area contributed by atoms with Gasteiger partial charge >= 0.3 is 29.6 Å². The van der Waals surface area contributed by atoms with E-state index < -0.39 is 5.97 Å². The van der Waals surface area contributed by atoms with Gasteiger partial charge in [-0.15, -0.1) is 0 Å². The summed E-state index contributed by atoms with van der Waals surface area (Å²) < 4.78 is 5.98. The number of rotatable bonds is 5. The zero-order valence-electron chi connectivity index (χ0n) is 15.6. The van der Waals surface area contributed by atoms with E-state index >= 15 is 0 Å². The maximum atomic E-state index is 11.0. The maximum Gasteiger partial charge on any atom is 1.00 e. The van der Waals surface area contributed by atoms with Gasteiger partial charge in [-0.1, -0.05) is 36.4 Å². The largest absolute Gasteiger partial charge is 1.00 e. The molecule has 1 aliphatic rings. The van der Waals surface area contributed by atoms with E-state index in [0.29, 0.717) is 6.61 Å². The van der Waals surface area contributed by atoms with Crippen LogP contribution in [-0.4, -0.2) is 31.5 Å². The van der Waals surface area contributed by atoms with Crippen LogP contribution in [0.3, 0.4) is 0 Å². The molecule has 0 spiro atoms. The Morgan fingerprint density at radius 1 is 1.19 bits per heavy atom. The number of carboxylic acid groups (broad SMARTS) is 1. The number of fused-ring (bicyclic) bond motifs is 2. The first kappa shape index (κ1) is 20.7. The quantitative estimate of drug-likeness (QED) is 0.660. The van der Waals surface area contributed by atoms with Crippen LogP contribution < -0.4 is 39.4 Å². The van der Waals surface area contributed by atoms with E-state index in [-0.39, 0.29) is 36.0 Å². The first-order valence-corrected chi connectivity index (χ1v) is 8.43. The van der Waals surface area contributed by atoms with E-state index in [2.05, 4.69) is 37.2 Å². The molecule has 5 heteroatoms. The fourth-order valence-corrected chi connectivity index (χ4v) is 3.09. The molecule has 130 valence electrons. The minimum Gasteiger partial charge on any atom is -0.550 e. The van der Waals surface area contributed by atoms with Crippen molar-refractivity contribution in [3.8, 4) is 5.75 Å². The zero-order chi connectivity index (χ0) is 17.8. The first-order chi connectivity index (χ1) is 12.0. The van der Waals surface area contributed by atoms with Crippen LogP contribution in [0.25, 0.3) is 5.57 Å². The molecule has 4 nitrogen and oxygen atoms in total. The van der Waals surface area contributed by atoms with Crippen LogP contribution >= 0.6 is 0 Å². The Balaban J connectivity index is 0.00000243. The number of carboxylic acids is 1. The van der Waals surface area contributed by atoms with Crippen LogP contribution in [0.4, 0.5) is 0 Å². The topological polar surface area (TPSA) is 52.6 Å². The Bertz CT molecular complexity index is 815. The minimum absolute atomic E-state index is 0. The van der Waals surface area contributed by atoms with Gasteiger partial charge in [-0.3, -0.25) is 0 Å². The number of aliphatic carboxylic acids is 1. The average Bonchev–Trinajstić information content (AvgIpc) is 2.72. The normalized spacial score (nSPS) is 14.0. The maximum absolute atomic E-state index is 11.0. The van der Waals surface area contributed by atoms with Crippen LogP contribution in [0, 0.1) is 0 Å². The number of hydrogen-bond donors (Lipinski definition) is 0. The Hall–Kier alpha value is -1.59. The second-order valence-electron chi connectivity index (χ2n) is 6.53. The van der Waals surface area contributed by atoms with Gasteiger partial charge in [0.15, 0.2) is 0 Å². The van der Waals surface area contributed by atoms with Crippen molar-refractivity contribution in [1.82, 2.24) is 4.90 Å². The standard InChI is InChI=1S/C21H23NO3.Na/c1-22(2)11-5-8-18-17-7-4-3-6-16(17)14-25-20-10-9-15(12-19(18)20)13-21(23)24;/h3-4,6-10,12H,5,11,13-14H2,1-2H3,(H,23,24);/q;+1/p-1/b18-8-;. The Kier molecular flexibility index (Phi) is 7.47. The fourth-order valence-electron chi connectivity index (χ4n) is 3.09. The molecule has 0 aliphatic carbocycles. The van der Waals surface area contributed by atoms with Gasteiger partial charge in [-0.25, -0.2) is 0 Å². The number of nitrogens with zero attached hydrogens (tertiary/aromatic N) is 1. The molecular weight excluding hydrogens is 337 g/mol. The molecule has 0 fully saturated rings. The van der Waals surface area contributed by atoms with Crippen LogP contribution in [0.15, 0.2) is 48.5 Å². The molecule has 0 unspecified atom stereocenters. The van der Waals surface area contributed by atoms with Crippen molar-refractivity contribution < 1.29 is 44.2 Å². The third-order valence-corrected chi connectivity index (χ3v) is 4.30. The van der Waals surface area contributed by atoms with Crippen molar-refractivity contribution >= 4 is 11.5 Å². The Morgan fingerprint density at radius 2 is 1.96 bits per heavy atom. The Morgan fingerprint density at radius 3 is 2.69 bits per heavy atom. The van der Waals surface area contributed by atoms with Crippen molar-refractivity contribution in [3.63, 3.8) is 0 Å². The molecule has 3 rings (SSSR count). The van der Waals surface area contributed by atoms with Gasteiger partial charge in [-0.05, 0) is 54.9 Å². The summed E-state index contributed by atoms with van der Waals surface area (Å²) in [6.07, 6.45) is 3.02. The number of benzene rings is 2. The van der Waals surface area contributed by atoms with Crippen molar-refractivity contribution in [3.05, 3.63) is 70.8 Å². The SMILES string of the molecule is CN(C)CC/C=C1/c2ccccc2COc2ccc(CC(=O)[O-])cc21.[Na+].